The minimum Gasteiger partial charge on any atom is -0.492 e. The molecule has 0 bridgehead atoms. The fourth-order valence-electron chi connectivity index (χ4n) is 5.34. The lowest BCUT2D eigenvalue weighted by molar-refractivity contribution is -0.133. The predicted molar refractivity (Wildman–Crippen MR) is 149 cm³/mol. The van der Waals surface area contributed by atoms with E-state index in [4.69, 9.17) is 13.9 Å². The summed E-state index contributed by atoms with van der Waals surface area (Å²) in [5.41, 5.74) is 7.44. The Hall–Kier alpha value is -4.46. The van der Waals surface area contributed by atoms with Crippen LogP contribution >= 0.6 is 0 Å². The first-order chi connectivity index (χ1) is 19.4. The van der Waals surface area contributed by atoms with E-state index in [1.54, 1.807) is 18.7 Å². The van der Waals surface area contributed by atoms with Gasteiger partial charge in [-0.25, -0.2) is 9.78 Å². The number of aromatic nitrogens is 2. The summed E-state index contributed by atoms with van der Waals surface area (Å²) in [7, 11) is 1.37. The van der Waals surface area contributed by atoms with Crippen LogP contribution in [0.1, 0.15) is 61.9 Å². The van der Waals surface area contributed by atoms with Crippen LogP contribution in [0.5, 0.6) is 5.75 Å². The van der Waals surface area contributed by atoms with Gasteiger partial charge in [0.25, 0.3) is 0 Å². The Kier molecular flexibility index (Phi) is 8.24. The third-order valence-corrected chi connectivity index (χ3v) is 7.36. The monoisotopic (exact) mass is 539 g/mol. The third kappa shape index (κ3) is 5.91. The van der Waals surface area contributed by atoms with E-state index >= 15 is 0 Å². The van der Waals surface area contributed by atoms with E-state index < -0.39 is 5.97 Å². The highest BCUT2D eigenvalue weighted by Crippen LogP contribution is 2.40. The molecule has 1 aliphatic heterocycles. The molecule has 0 aliphatic carbocycles. The van der Waals surface area contributed by atoms with Crippen molar-refractivity contribution in [2.75, 3.05) is 20.3 Å². The summed E-state index contributed by atoms with van der Waals surface area (Å²) in [4.78, 5) is 36.7. The number of hydrogen-bond acceptors (Lipinski definition) is 7. The van der Waals surface area contributed by atoms with Gasteiger partial charge in [-0.3, -0.25) is 9.78 Å². The van der Waals surface area contributed by atoms with Gasteiger partial charge in [0.05, 0.1) is 25.5 Å². The predicted octanol–water partition coefficient (Wildman–Crippen LogP) is 5.20. The molecule has 40 heavy (non-hydrogen) atoms. The molecule has 1 amide bonds. The molecule has 0 spiro atoms. The molecule has 4 aromatic rings. The number of amides is 1. The lowest BCUT2D eigenvalue weighted by Crippen LogP contribution is -2.41. The van der Waals surface area contributed by atoms with Gasteiger partial charge >= 0.3 is 5.97 Å². The van der Waals surface area contributed by atoms with Crippen molar-refractivity contribution in [2.45, 2.75) is 45.6 Å². The highest BCUT2D eigenvalue weighted by atomic mass is 16.5. The molecule has 0 N–H and O–H groups in total. The first-order valence-corrected chi connectivity index (χ1v) is 13.4. The van der Waals surface area contributed by atoms with Crippen molar-refractivity contribution in [3.8, 4) is 5.75 Å². The molecule has 2 aromatic heterocycles. The molecule has 5 rings (SSSR count). The molecule has 206 valence electrons. The number of carbonyl (C=O) groups is 2. The van der Waals surface area contributed by atoms with Gasteiger partial charge in [0.1, 0.15) is 17.6 Å². The topological polar surface area (TPSA) is 94.8 Å². The molecule has 1 atom stereocenters. The number of ether oxygens (including phenoxy) is 2. The number of methoxy groups -OCH3 is 1. The van der Waals surface area contributed by atoms with Gasteiger partial charge in [-0.1, -0.05) is 29.8 Å². The maximum Gasteiger partial charge on any atom is 0.341 e. The first-order valence-electron chi connectivity index (χ1n) is 13.4. The van der Waals surface area contributed by atoms with Crippen molar-refractivity contribution in [3.63, 3.8) is 0 Å². The zero-order valence-corrected chi connectivity index (χ0v) is 23.1. The van der Waals surface area contributed by atoms with E-state index in [0.29, 0.717) is 50.1 Å². The van der Waals surface area contributed by atoms with Gasteiger partial charge in [0.2, 0.25) is 5.91 Å². The number of carbonyl (C=O) groups excluding carboxylic acids is 2. The summed E-state index contributed by atoms with van der Waals surface area (Å²) in [5.74, 6) is 0.0317. The van der Waals surface area contributed by atoms with Gasteiger partial charge in [-0.05, 0) is 66.3 Å². The van der Waals surface area contributed by atoms with Gasteiger partial charge in [0, 0.05) is 38.2 Å². The summed E-state index contributed by atoms with van der Waals surface area (Å²) < 4.78 is 16.4. The van der Waals surface area contributed by atoms with Crippen LogP contribution in [0.25, 0.3) is 0 Å². The molecule has 1 unspecified atom stereocenters. The SMILES string of the molecule is COC(=O)c1cc2c(cc1OCCc1cccnc1)C(c1ccc(C)cc1C)N(C(=O)CCc1cocn1)CC2. The Morgan fingerprint density at radius 3 is 2.70 bits per heavy atom. The van der Waals surface area contributed by atoms with Crippen LogP contribution in [-0.4, -0.2) is 47.0 Å². The van der Waals surface area contributed by atoms with Gasteiger partial charge in [-0.2, -0.15) is 0 Å². The molecule has 0 saturated carbocycles. The lowest BCUT2D eigenvalue weighted by Gasteiger charge is -2.39. The van der Waals surface area contributed by atoms with Gasteiger partial charge in [0.15, 0.2) is 6.39 Å². The maximum atomic E-state index is 13.7. The Bertz CT molecular complexity index is 1480. The zero-order valence-electron chi connectivity index (χ0n) is 23.1. The number of oxazole rings is 1. The van der Waals surface area contributed by atoms with E-state index in [1.807, 2.05) is 29.2 Å². The minimum atomic E-state index is -0.451. The van der Waals surface area contributed by atoms with Crippen molar-refractivity contribution >= 4 is 11.9 Å². The summed E-state index contributed by atoms with van der Waals surface area (Å²) in [6.45, 7) is 5.03. The minimum absolute atomic E-state index is 0.0368. The summed E-state index contributed by atoms with van der Waals surface area (Å²) >= 11 is 0. The number of aryl methyl sites for hydroxylation is 3. The lowest BCUT2D eigenvalue weighted by atomic mass is 9.84. The molecular formula is C32H33N3O5. The van der Waals surface area contributed by atoms with Gasteiger partial charge < -0.3 is 18.8 Å². The summed E-state index contributed by atoms with van der Waals surface area (Å²) in [6, 6.07) is 13.7. The molecule has 0 fully saturated rings. The largest absolute Gasteiger partial charge is 0.492 e. The number of hydrogen-bond donors (Lipinski definition) is 0. The standard InChI is InChI=1S/C32H33N3O5/c1-21-6-8-26(22(2)15-21)31-27-17-29(40-14-11-23-5-4-12-33-18-23)28(32(37)38-3)16-24(27)10-13-35(31)30(36)9-7-25-19-39-20-34-25/h4-6,8,12,15-20,31H,7,9-11,13-14H2,1-3H3. The third-order valence-electron chi connectivity index (χ3n) is 7.36. The Morgan fingerprint density at radius 2 is 1.98 bits per heavy atom. The Morgan fingerprint density at radius 1 is 1.10 bits per heavy atom. The van der Waals surface area contributed by atoms with Gasteiger partial charge in [-0.15, -0.1) is 0 Å². The van der Waals surface area contributed by atoms with Crippen LogP contribution in [0, 0.1) is 13.8 Å². The molecule has 3 heterocycles. The number of nitrogens with zero attached hydrogens (tertiary/aromatic N) is 3. The second-order valence-corrected chi connectivity index (χ2v) is 10.1. The van der Waals surface area contributed by atoms with E-state index in [-0.39, 0.29) is 11.9 Å². The first kappa shape index (κ1) is 27.1. The van der Waals surface area contributed by atoms with Crippen LogP contribution in [0.3, 0.4) is 0 Å². The van der Waals surface area contributed by atoms with Crippen LogP contribution in [0.2, 0.25) is 0 Å². The summed E-state index contributed by atoms with van der Waals surface area (Å²) in [6.07, 6.45) is 8.56. The van der Waals surface area contributed by atoms with E-state index in [2.05, 4.69) is 42.0 Å². The maximum absolute atomic E-state index is 13.7. The molecule has 1 aliphatic rings. The van der Waals surface area contributed by atoms with E-state index in [0.717, 1.165) is 39.1 Å². The fraction of sp³-hybridized carbons (Fsp3) is 0.312. The highest BCUT2D eigenvalue weighted by Gasteiger charge is 2.34. The average Bonchev–Trinajstić information content (AvgIpc) is 3.49. The van der Waals surface area contributed by atoms with Crippen LogP contribution in [0.4, 0.5) is 0 Å². The normalized spacial score (nSPS) is 14.5. The fourth-order valence-corrected chi connectivity index (χ4v) is 5.34. The van der Waals surface area contributed by atoms with E-state index in [9.17, 15) is 9.59 Å². The Balaban J connectivity index is 1.52. The molecule has 2 aromatic carbocycles. The number of benzene rings is 2. The molecule has 8 nitrogen and oxygen atoms in total. The van der Waals surface area contributed by atoms with Crippen molar-refractivity contribution in [3.05, 3.63) is 112 Å². The zero-order chi connectivity index (χ0) is 28.1. The van der Waals surface area contributed by atoms with Crippen molar-refractivity contribution in [2.24, 2.45) is 0 Å². The number of rotatable bonds is 9. The molecule has 0 saturated heterocycles. The highest BCUT2D eigenvalue weighted by molar-refractivity contribution is 5.93. The Labute approximate surface area is 234 Å². The average molecular weight is 540 g/mol. The second kappa shape index (κ2) is 12.2. The van der Waals surface area contributed by atoms with Crippen molar-refractivity contribution in [1.82, 2.24) is 14.9 Å². The number of pyridine rings is 1. The quantitative estimate of drug-likeness (QED) is 0.270. The number of fused-ring (bicyclic) bond motifs is 1. The van der Waals surface area contributed by atoms with Crippen LogP contribution in [-0.2, 0) is 28.8 Å². The van der Waals surface area contributed by atoms with Crippen molar-refractivity contribution in [1.29, 1.82) is 0 Å². The van der Waals surface area contributed by atoms with Crippen molar-refractivity contribution < 1.29 is 23.5 Å². The van der Waals surface area contributed by atoms with Crippen LogP contribution < -0.4 is 4.74 Å². The second-order valence-electron chi connectivity index (χ2n) is 10.1. The molecule has 8 heteroatoms. The number of esters is 1. The molecular weight excluding hydrogens is 506 g/mol. The van der Waals surface area contributed by atoms with E-state index in [1.165, 1.54) is 13.5 Å². The van der Waals surface area contributed by atoms with Crippen LogP contribution in [0.15, 0.2) is 71.9 Å². The smallest absolute Gasteiger partial charge is 0.341 e. The summed E-state index contributed by atoms with van der Waals surface area (Å²) in [5, 5.41) is 0. The molecule has 0 radical (unpaired) electrons.